The van der Waals surface area contributed by atoms with E-state index in [0.717, 1.165) is 24.2 Å². The number of fused-ring (bicyclic) bond motifs is 1. The quantitative estimate of drug-likeness (QED) is 0.593. The summed E-state index contributed by atoms with van der Waals surface area (Å²) in [5, 5.41) is 14.0. The Morgan fingerprint density at radius 1 is 1.29 bits per heavy atom. The van der Waals surface area contributed by atoms with Gasteiger partial charge in [-0.25, -0.2) is 9.67 Å². The smallest absolute Gasteiger partial charge is 0.241 e. The van der Waals surface area contributed by atoms with E-state index in [4.69, 9.17) is 4.98 Å². The monoisotopic (exact) mass is 421 g/mol. The highest BCUT2D eigenvalue weighted by Gasteiger charge is 2.32. The molecule has 0 spiro atoms. The maximum Gasteiger partial charge on any atom is 0.241 e. The Kier molecular flexibility index (Phi) is 6.15. The molecule has 0 bridgehead atoms. The zero-order chi connectivity index (χ0) is 22.0. The van der Waals surface area contributed by atoms with Crippen LogP contribution in [-0.4, -0.2) is 42.2 Å². The van der Waals surface area contributed by atoms with Crippen LogP contribution < -0.4 is 5.32 Å². The van der Waals surface area contributed by atoms with Crippen LogP contribution in [0.15, 0.2) is 42.2 Å². The van der Waals surface area contributed by atoms with Crippen LogP contribution in [0.4, 0.5) is 0 Å². The second-order valence-corrected chi connectivity index (χ2v) is 9.01. The molecule has 1 aliphatic rings. The van der Waals surface area contributed by atoms with Crippen molar-refractivity contribution in [3.05, 3.63) is 48.1 Å². The lowest BCUT2D eigenvalue weighted by molar-refractivity contribution is -0.122. The van der Waals surface area contributed by atoms with Gasteiger partial charge in [-0.3, -0.25) is 4.79 Å². The van der Waals surface area contributed by atoms with Crippen molar-refractivity contribution in [3.63, 3.8) is 0 Å². The first-order valence-corrected chi connectivity index (χ1v) is 11.0. The number of imidazole rings is 1. The van der Waals surface area contributed by atoms with E-state index in [1.165, 1.54) is 22.1 Å². The Morgan fingerprint density at radius 3 is 2.81 bits per heavy atom. The van der Waals surface area contributed by atoms with E-state index in [1.54, 1.807) is 0 Å². The van der Waals surface area contributed by atoms with E-state index in [0.29, 0.717) is 30.2 Å². The lowest BCUT2D eigenvalue weighted by Crippen LogP contribution is -2.38. The predicted octanol–water partition coefficient (Wildman–Crippen LogP) is 2.77. The molecule has 8 heteroatoms. The minimum Gasteiger partial charge on any atom is -0.354 e. The Labute approximate surface area is 182 Å². The van der Waals surface area contributed by atoms with E-state index in [2.05, 4.69) is 77.5 Å². The zero-order valence-corrected chi connectivity index (χ0v) is 18.7. The van der Waals surface area contributed by atoms with Crippen LogP contribution in [0.1, 0.15) is 33.0 Å². The van der Waals surface area contributed by atoms with Gasteiger partial charge in [0.25, 0.3) is 0 Å². The molecule has 0 fully saturated rings. The number of nitrogens with one attached hydrogen (secondary N) is 1. The van der Waals surface area contributed by atoms with Gasteiger partial charge in [0.05, 0.1) is 11.0 Å². The van der Waals surface area contributed by atoms with Crippen molar-refractivity contribution in [2.45, 2.75) is 40.2 Å². The van der Waals surface area contributed by atoms with Gasteiger partial charge in [-0.2, -0.15) is 0 Å². The number of carbonyl (C=O) groups is 1. The summed E-state index contributed by atoms with van der Waals surface area (Å²) in [5.74, 6) is 2.91. The topological polar surface area (TPSA) is 90.5 Å². The lowest BCUT2D eigenvalue weighted by atomic mass is 9.69. The van der Waals surface area contributed by atoms with E-state index in [-0.39, 0.29) is 12.5 Å². The minimum atomic E-state index is -0.0670. The number of rotatable bonds is 7. The Hall–Kier alpha value is -3.03. The van der Waals surface area contributed by atoms with Crippen molar-refractivity contribution in [1.29, 1.82) is 0 Å². The first-order chi connectivity index (χ1) is 14.9. The van der Waals surface area contributed by atoms with Crippen molar-refractivity contribution in [1.82, 2.24) is 35.1 Å². The van der Waals surface area contributed by atoms with Crippen LogP contribution >= 0.6 is 0 Å². The number of benzene rings is 1. The van der Waals surface area contributed by atoms with Gasteiger partial charge in [0.2, 0.25) is 5.91 Å². The number of aryl methyl sites for hydroxylation is 1. The molecule has 2 heterocycles. The summed E-state index contributed by atoms with van der Waals surface area (Å²) in [6.45, 7) is 7.56. The van der Waals surface area contributed by atoms with Gasteiger partial charge in [-0.1, -0.05) is 37.6 Å². The molecule has 3 atom stereocenters. The van der Waals surface area contributed by atoms with Crippen LogP contribution in [0.5, 0.6) is 0 Å². The molecule has 2 aromatic heterocycles. The molecule has 8 nitrogen and oxygen atoms in total. The number of hydrogen-bond donors (Lipinski definition) is 1. The SMILES string of the molecule is CC1=C[C@@H](CNC(=O)Cn2cnnn2)[C@H](C(C)C)C[C@H]1Cc1nc2ccccc2n1C. The van der Waals surface area contributed by atoms with Gasteiger partial charge in [-0.15, -0.1) is 5.10 Å². The summed E-state index contributed by atoms with van der Waals surface area (Å²) in [6.07, 6.45) is 5.87. The maximum absolute atomic E-state index is 12.3. The average Bonchev–Trinajstić information content (AvgIpc) is 3.36. The first kappa shape index (κ1) is 21.2. The molecule has 0 unspecified atom stereocenters. The molecule has 0 saturated carbocycles. The van der Waals surface area contributed by atoms with E-state index in [9.17, 15) is 4.79 Å². The molecule has 1 aliphatic carbocycles. The third kappa shape index (κ3) is 4.68. The molecule has 164 valence electrons. The predicted molar refractivity (Wildman–Crippen MR) is 119 cm³/mol. The molecule has 0 radical (unpaired) electrons. The second kappa shape index (κ2) is 8.99. The summed E-state index contributed by atoms with van der Waals surface area (Å²) in [7, 11) is 2.11. The molecular weight excluding hydrogens is 390 g/mol. The van der Waals surface area contributed by atoms with Gasteiger partial charge in [0.15, 0.2) is 0 Å². The van der Waals surface area contributed by atoms with Crippen molar-refractivity contribution in [2.24, 2.45) is 30.7 Å². The summed E-state index contributed by atoms with van der Waals surface area (Å²) < 4.78 is 3.66. The fourth-order valence-corrected chi connectivity index (χ4v) is 4.79. The van der Waals surface area contributed by atoms with E-state index in [1.807, 2.05) is 6.07 Å². The van der Waals surface area contributed by atoms with E-state index < -0.39 is 0 Å². The van der Waals surface area contributed by atoms with Crippen LogP contribution in [0, 0.1) is 23.7 Å². The normalized spacial score (nSPS) is 21.5. The standard InChI is InChI=1S/C23H31N7O/c1-15(2)19-10-17(11-22-26-20-7-5-6-8-21(20)29(22)4)16(3)9-18(19)12-24-23(31)13-30-14-25-27-28-30/h5-9,14-15,17-19H,10-13H2,1-4H3,(H,24,31)/t17-,18-,19-/m0/s1. The van der Waals surface area contributed by atoms with Gasteiger partial charge < -0.3 is 9.88 Å². The van der Waals surface area contributed by atoms with Crippen LogP contribution in [-0.2, 0) is 24.8 Å². The van der Waals surface area contributed by atoms with E-state index >= 15 is 0 Å². The number of aromatic nitrogens is 6. The maximum atomic E-state index is 12.3. The van der Waals surface area contributed by atoms with Gasteiger partial charge in [0, 0.05) is 20.0 Å². The fourth-order valence-electron chi connectivity index (χ4n) is 4.79. The van der Waals surface area contributed by atoms with Gasteiger partial charge >= 0.3 is 0 Å². The number of carbonyl (C=O) groups excluding carboxylic acids is 1. The Morgan fingerprint density at radius 2 is 2.10 bits per heavy atom. The fraction of sp³-hybridized carbons (Fsp3) is 0.522. The highest BCUT2D eigenvalue weighted by molar-refractivity contribution is 5.76. The van der Waals surface area contributed by atoms with Gasteiger partial charge in [-0.05, 0) is 59.6 Å². The minimum absolute atomic E-state index is 0.0670. The largest absolute Gasteiger partial charge is 0.354 e. The summed E-state index contributed by atoms with van der Waals surface area (Å²) >= 11 is 0. The van der Waals surface area contributed by atoms with Crippen LogP contribution in [0.2, 0.25) is 0 Å². The molecule has 0 aliphatic heterocycles. The van der Waals surface area contributed by atoms with Crippen molar-refractivity contribution >= 4 is 16.9 Å². The Balaban J connectivity index is 1.45. The third-order valence-corrected chi connectivity index (χ3v) is 6.62. The highest BCUT2D eigenvalue weighted by atomic mass is 16.2. The zero-order valence-electron chi connectivity index (χ0n) is 18.7. The summed E-state index contributed by atoms with van der Waals surface area (Å²) in [4.78, 5) is 17.2. The molecule has 4 rings (SSSR count). The number of amides is 1. The number of para-hydroxylation sites is 2. The van der Waals surface area contributed by atoms with Crippen LogP contribution in [0.25, 0.3) is 11.0 Å². The van der Waals surface area contributed by atoms with Crippen molar-refractivity contribution in [2.75, 3.05) is 6.54 Å². The molecule has 1 N–H and O–H groups in total. The molecule has 1 amide bonds. The molecule has 3 aromatic rings. The van der Waals surface area contributed by atoms with Crippen LogP contribution in [0.3, 0.4) is 0 Å². The first-order valence-electron chi connectivity index (χ1n) is 11.0. The highest BCUT2D eigenvalue weighted by Crippen LogP contribution is 2.38. The van der Waals surface area contributed by atoms with Gasteiger partial charge in [0.1, 0.15) is 18.7 Å². The lowest BCUT2D eigenvalue weighted by Gasteiger charge is -2.37. The number of allylic oxidation sites excluding steroid dienone is 1. The summed E-state index contributed by atoms with van der Waals surface area (Å²) in [5.41, 5.74) is 3.63. The number of tetrazole rings is 1. The second-order valence-electron chi connectivity index (χ2n) is 9.01. The van der Waals surface area contributed by atoms with Crippen molar-refractivity contribution < 1.29 is 4.79 Å². The number of nitrogens with zero attached hydrogens (tertiary/aromatic N) is 6. The third-order valence-electron chi connectivity index (χ3n) is 6.62. The molecular formula is C23H31N7O. The average molecular weight is 422 g/mol. The molecule has 1 aromatic carbocycles. The van der Waals surface area contributed by atoms with Crippen molar-refractivity contribution in [3.8, 4) is 0 Å². The molecule has 31 heavy (non-hydrogen) atoms. The molecule has 0 saturated heterocycles. The Bertz CT molecular complexity index is 1070. The number of hydrogen-bond acceptors (Lipinski definition) is 5. The summed E-state index contributed by atoms with van der Waals surface area (Å²) in [6, 6.07) is 8.30.